The number of nitrogens with zero attached hydrogens (tertiary/aromatic N) is 1. The molecule has 0 aliphatic heterocycles. The molecule has 1 amide bonds. The van der Waals surface area contributed by atoms with E-state index in [0.29, 0.717) is 30.9 Å². The molecule has 1 aliphatic rings. The topological polar surface area (TPSA) is 64.2 Å². The molecule has 1 unspecified atom stereocenters. The minimum absolute atomic E-state index is 0.0355. The van der Waals surface area contributed by atoms with Crippen LogP contribution in [0.1, 0.15) is 42.9 Å². The van der Waals surface area contributed by atoms with Crippen molar-refractivity contribution in [3.8, 4) is 0 Å². The van der Waals surface area contributed by atoms with E-state index in [1.165, 1.54) is 11.1 Å². The number of fused-ring (bicyclic) bond motifs is 1. The van der Waals surface area contributed by atoms with Crippen LogP contribution in [0.25, 0.3) is 11.1 Å². The first-order valence-electron chi connectivity index (χ1n) is 9.56. The number of benzene rings is 2. The quantitative estimate of drug-likeness (QED) is 0.690. The Morgan fingerprint density at radius 2 is 1.93 bits per heavy atom. The summed E-state index contributed by atoms with van der Waals surface area (Å²) in [6.07, 6.45) is 3.31. The number of para-hydroxylation sites is 2. The van der Waals surface area contributed by atoms with Crippen molar-refractivity contribution in [3.05, 3.63) is 70.2 Å². The van der Waals surface area contributed by atoms with Crippen LogP contribution >= 0.6 is 0 Å². The van der Waals surface area contributed by atoms with Gasteiger partial charge in [0.05, 0.1) is 11.6 Å². The van der Waals surface area contributed by atoms with Crippen molar-refractivity contribution in [2.24, 2.45) is 5.92 Å². The van der Waals surface area contributed by atoms with Gasteiger partial charge in [-0.25, -0.2) is 4.79 Å². The van der Waals surface area contributed by atoms with Crippen LogP contribution in [0.4, 0.5) is 0 Å². The molecule has 1 aliphatic carbocycles. The number of hydrogen-bond acceptors (Lipinski definition) is 3. The van der Waals surface area contributed by atoms with Gasteiger partial charge in [0.15, 0.2) is 5.58 Å². The van der Waals surface area contributed by atoms with Gasteiger partial charge in [0.25, 0.3) is 0 Å². The lowest BCUT2D eigenvalue weighted by Crippen LogP contribution is -2.30. The molecule has 0 spiro atoms. The van der Waals surface area contributed by atoms with Gasteiger partial charge < -0.3 is 9.73 Å². The zero-order valence-corrected chi connectivity index (χ0v) is 15.5. The number of aromatic nitrogens is 1. The molecule has 1 aromatic heterocycles. The van der Waals surface area contributed by atoms with Crippen molar-refractivity contribution >= 4 is 17.0 Å². The summed E-state index contributed by atoms with van der Waals surface area (Å²) in [5.41, 5.74) is 3.75. The van der Waals surface area contributed by atoms with Crippen LogP contribution in [-0.2, 0) is 11.3 Å². The van der Waals surface area contributed by atoms with Gasteiger partial charge in [-0.3, -0.25) is 9.36 Å². The van der Waals surface area contributed by atoms with Gasteiger partial charge in [0.1, 0.15) is 0 Å². The largest absolute Gasteiger partial charge is 0.419 e. The van der Waals surface area contributed by atoms with Crippen molar-refractivity contribution in [3.63, 3.8) is 0 Å². The molecule has 1 saturated carbocycles. The first kappa shape index (κ1) is 17.6. The summed E-state index contributed by atoms with van der Waals surface area (Å²) < 4.78 is 6.83. The number of carbonyl (C=O) groups excluding carboxylic acids is 1. The zero-order chi connectivity index (χ0) is 18.8. The van der Waals surface area contributed by atoms with E-state index in [9.17, 15) is 9.59 Å². The summed E-state index contributed by atoms with van der Waals surface area (Å²) in [4.78, 5) is 24.5. The summed E-state index contributed by atoms with van der Waals surface area (Å²) >= 11 is 0. The second-order valence-corrected chi connectivity index (χ2v) is 7.38. The number of nitrogens with one attached hydrogen (secondary N) is 1. The molecule has 0 saturated heterocycles. The Balaban J connectivity index is 1.36. The average Bonchev–Trinajstić information content (AvgIpc) is 3.45. The lowest BCUT2D eigenvalue weighted by molar-refractivity contribution is -0.122. The maximum atomic E-state index is 12.5. The van der Waals surface area contributed by atoms with Crippen molar-refractivity contribution in [2.45, 2.75) is 45.2 Å². The lowest BCUT2D eigenvalue weighted by Gasteiger charge is -2.19. The number of aryl methyl sites for hydroxylation is 2. The molecule has 2 aromatic carbocycles. The van der Waals surface area contributed by atoms with E-state index in [2.05, 4.69) is 36.5 Å². The van der Waals surface area contributed by atoms with Crippen molar-refractivity contribution in [1.82, 2.24) is 9.88 Å². The van der Waals surface area contributed by atoms with Crippen molar-refractivity contribution in [1.29, 1.82) is 0 Å². The SMILES string of the molecule is Cc1ccc(C(NC(=O)CCCn2c(=O)oc3ccccc32)C2CC2)cc1. The Bertz CT molecular complexity index is 996. The van der Waals surface area contributed by atoms with Gasteiger partial charge in [-0.05, 0) is 49.8 Å². The van der Waals surface area contributed by atoms with E-state index in [1.807, 2.05) is 18.2 Å². The first-order chi connectivity index (χ1) is 13.1. The van der Waals surface area contributed by atoms with Crippen LogP contribution in [0.5, 0.6) is 0 Å². The molecule has 1 heterocycles. The number of hydrogen-bond donors (Lipinski definition) is 1. The van der Waals surface area contributed by atoms with Gasteiger partial charge in [0.2, 0.25) is 5.91 Å². The maximum absolute atomic E-state index is 12.5. The molecule has 0 radical (unpaired) electrons. The number of rotatable bonds is 7. The smallest absolute Gasteiger partial charge is 0.408 e. The van der Waals surface area contributed by atoms with E-state index >= 15 is 0 Å². The van der Waals surface area contributed by atoms with Crippen LogP contribution in [0, 0.1) is 12.8 Å². The fourth-order valence-corrected chi connectivity index (χ4v) is 3.55. The average molecular weight is 364 g/mol. The molecule has 0 bridgehead atoms. The van der Waals surface area contributed by atoms with Crippen molar-refractivity contribution < 1.29 is 9.21 Å². The fraction of sp³-hybridized carbons (Fsp3) is 0.364. The van der Waals surface area contributed by atoms with Gasteiger partial charge in [-0.2, -0.15) is 0 Å². The Kier molecular flexibility index (Phi) is 4.84. The second kappa shape index (κ2) is 7.43. The fourth-order valence-electron chi connectivity index (χ4n) is 3.55. The molecule has 140 valence electrons. The second-order valence-electron chi connectivity index (χ2n) is 7.38. The summed E-state index contributed by atoms with van der Waals surface area (Å²) in [6, 6.07) is 15.8. The summed E-state index contributed by atoms with van der Waals surface area (Å²) in [5.74, 6) is 0.206. The van der Waals surface area contributed by atoms with E-state index in [1.54, 1.807) is 10.6 Å². The molecular weight excluding hydrogens is 340 g/mol. The third kappa shape index (κ3) is 3.97. The Labute approximate surface area is 158 Å². The number of amides is 1. The van der Waals surface area contributed by atoms with E-state index < -0.39 is 0 Å². The summed E-state index contributed by atoms with van der Waals surface area (Å²) in [6.45, 7) is 2.54. The third-order valence-electron chi connectivity index (χ3n) is 5.21. The molecular formula is C22H24N2O3. The lowest BCUT2D eigenvalue weighted by atomic mass is 10.0. The highest BCUT2D eigenvalue weighted by molar-refractivity contribution is 5.76. The normalized spacial score (nSPS) is 15.0. The Morgan fingerprint density at radius 1 is 1.19 bits per heavy atom. The molecule has 4 rings (SSSR count). The van der Waals surface area contributed by atoms with Gasteiger partial charge in [-0.15, -0.1) is 0 Å². The van der Waals surface area contributed by atoms with Crippen molar-refractivity contribution in [2.75, 3.05) is 0 Å². The maximum Gasteiger partial charge on any atom is 0.419 e. The minimum Gasteiger partial charge on any atom is -0.408 e. The van der Waals surface area contributed by atoms with E-state index in [4.69, 9.17) is 4.42 Å². The minimum atomic E-state index is -0.368. The predicted octanol–water partition coefficient (Wildman–Crippen LogP) is 3.95. The van der Waals surface area contributed by atoms with E-state index in [0.717, 1.165) is 18.4 Å². The molecule has 5 nitrogen and oxygen atoms in total. The highest BCUT2D eigenvalue weighted by Gasteiger charge is 2.33. The molecule has 3 aromatic rings. The van der Waals surface area contributed by atoms with Gasteiger partial charge in [-0.1, -0.05) is 42.0 Å². The Morgan fingerprint density at radius 3 is 2.67 bits per heavy atom. The van der Waals surface area contributed by atoms with Gasteiger partial charge in [0, 0.05) is 13.0 Å². The zero-order valence-electron chi connectivity index (χ0n) is 15.5. The highest BCUT2D eigenvalue weighted by Crippen LogP contribution is 2.41. The van der Waals surface area contributed by atoms with Crippen LogP contribution in [0.3, 0.4) is 0 Å². The molecule has 27 heavy (non-hydrogen) atoms. The highest BCUT2D eigenvalue weighted by atomic mass is 16.4. The molecule has 1 fully saturated rings. The summed E-state index contributed by atoms with van der Waals surface area (Å²) in [5, 5.41) is 3.20. The standard InChI is InChI=1S/C22H24N2O3/c1-15-8-10-16(11-9-15)21(17-12-13-17)23-20(25)7-4-14-24-18-5-2-3-6-19(18)27-22(24)26/h2-3,5-6,8-11,17,21H,4,7,12-14H2,1H3,(H,23,25). The Hall–Kier alpha value is -2.82. The third-order valence-corrected chi connectivity index (χ3v) is 5.21. The van der Waals surface area contributed by atoms with Gasteiger partial charge >= 0.3 is 5.76 Å². The molecule has 5 heteroatoms. The summed E-state index contributed by atoms with van der Waals surface area (Å²) in [7, 11) is 0. The number of carbonyl (C=O) groups is 1. The van der Waals surface area contributed by atoms with Crippen LogP contribution in [-0.4, -0.2) is 10.5 Å². The van der Waals surface area contributed by atoms with E-state index in [-0.39, 0.29) is 17.7 Å². The predicted molar refractivity (Wildman–Crippen MR) is 104 cm³/mol. The monoisotopic (exact) mass is 364 g/mol. The number of oxazole rings is 1. The first-order valence-corrected chi connectivity index (χ1v) is 9.56. The van der Waals surface area contributed by atoms with Crippen LogP contribution < -0.4 is 11.1 Å². The van der Waals surface area contributed by atoms with Crippen LogP contribution in [0.2, 0.25) is 0 Å². The molecule has 1 N–H and O–H groups in total. The van der Waals surface area contributed by atoms with Crippen LogP contribution in [0.15, 0.2) is 57.7 Å². The molecule has 1 atom stereocenters.